The van der Waals surface area contributed by atoms with Gasteiger partial charge in [0.1, 0.15) is 11.6 Å². The molecule has 1 atom stereocenters. The van der Waals surface area contributed by atoms with Crippen LogP contribution in [0.25, 0.3) is 0 Å². The molecular formula is C16H25N7O10S. The maximum atomic E-state index is 12.3. The number of nitrogens with zero attached hydrogens (tertiary/aromatic N) is 3. The average Bonchev–Trinajstić information content (AvgIpc) is 3.02. The number of carbonyl (C=O) groups excluding carboxylic acids is 5. The summed E-state index contributed by atoms with van der Waals surface area (Å²) in [5, 5.41) is 12.8. The molecule has 9 amide bonds. The third-order valence-electron chi connectivity index (χ3n) is 4.31. The van der Waals surface area contributed by atoms with Crippen molar-refractivity contribution in [2.45, 2.75) is 32.4 Å². The number of alkyl carbamates (subject to hydrolysis) is 1. The first-order valence-corrected chi connectivity index (χ1v) is 11.3. The molecule has 2 rings (SSSR count). The van der Waals surface area contributed by atoms with Crippen molar-refractivity contribution in [2.75, 3.05) is 32.7 Å². The molecule has 0 aliphatic carbocycles. The number of rotatable bonds is 6. The molecule has 0 unspecified atom stereocenters. The summed E-state index contributed by atoms with van der Waals surface area (Å²) in [6.07, 6.45) is -2.19. The molecule has 190 valence electrons. The van der Waals surface area contributed by atoms with E-state index in [-0.39, 0.29) is 26.2 Å². The van der Waals surface area contributed by atoms with Crippen molar-refractivity contribution in [1.82, 2.24) is 34.8 Å². The molecule has 0 aromatic heterocycles. The lowest BCUT2D eigenvalue weighted by molar-refractivity contribution is -0.138. The van der Waals surface area contributed by atoms with E-state index in [0.717, 1.165) is 0 Å². The van der Waals surface area contributed by atoms with E-state index in [1.165, 1.54) is 14.3 Å². The predicted molar refractivity (Wildman–Crippen MR) is 111 cm³/mol. The summed E-state index contributed by atoms with van der Waals surface area (Å²) < 4.78 is 32.0. The van der Waals surface area contributed by atoms with Gasteiger partial charge in [-0.3, -0.25) is 9.69 Å². The van der Waals surface area contributed by atoms with Crippen LogP contribution < -0.4 is 20.1 Å². The first-order valence-electron chi connectivity index (χ1n) is 9.82. The van der Waals surface area contributed by atoms with Crippen LogP contribution in [0.15, 0.2) is 0 Å². The smallest absolute Gasteiger partial charge is 0.407 e. The van der Waals surface area contributed by atoms with Gasteiger partial charge >= 0.3 is 40.5 Å². The number of nitrogens with one attached hydrogen (secondary N) is 4. The lowest BCUT2D eigenvalue weighted by Crippen LogP contribution is -2.67. The second-order valence-corrected chi connectivity index (χ2v) is 9.53. The van der Waals surface area contributed by atoms with Crippen LogP contribution in [0, 0.1) is 0 Å². The molecule has 0 aromatic carbocycles. The molecule has 17 nitrogen and oxygen atoms in total. The minimum absolute atomic E-state index is 0.0199. The van der Waals surface area contributed by atoms with Gasteiger partial charge in [0.05, 0.1) is 6.54 Å². The number of β-lactam (4-membered cyclic amide) rings is 1. The van der Waals surface area contributed by atoms with E-state index in [2.05, 4.69) is 5.32 Å². The van der Waals surface area contributed by atoms with E-state index in [0.29, 0.717) is 9.80 Å². The first kappa shape index (κ1) is 26.4. The Bertz CT molecular complexity index is 993. The number of imide groups is 2. The van der Waals surface area contributed by atoms with E-state index in [4.69, 9.17) is 9.84 Å². The fraction of sp³-hybridized carbons (Fsp3) is 0.625. The van der Waals surface area contributed by atoms with Crippen LogP contribution in [0.5, 0.6) is 0 Å². The highest BCUT2D eigenvalue weighted by atomic mass is 32.2. The first-order chi connectivity index (χ1) is 15.6. The lowest BCUT2D eigenvalue weighted by Gasteiger charge is -2.35. The van der Waals surface area contributed by atoms with Crippen molar-refractivity contribution in [3.63, 3.8) is 0 Å². The number of carbonyl (C=O) groups is 6. The van der Waals surface area contributed by atoms with Crippen molar-refractivity contribution in [2.24, 2.45) is 0 Å². The second kappa shape index (κ2) is 9.98. The highest BCUT2D eigenvalue weighted by molar-refractivity contribution is 7.88. The Morgan fingerprint density at radius 3 is 2.18 bits per heavy atom. The largest absolute Gasteiger partial charge is 0.465 e. The predicted octanol–water partition coefficient (Wildman–Crippen LogP) is -1.61. The molecule has 0 bridgehead atoms. The molecule has 18 heteroatoms. The van der Waals surface area contributed by atoms with Crippen LogP contribution in [-0.2, 0) is 19.7 Å². The van der Waals surface area contributed by atoms with Crippen LogP contribution in [0.2, 0.25) is 0 Å². The summed E-state index contributed by atoms with van der Waals surface area (Å²) in [4.78, 5) is 72.5. The van der Waals surface area contributed by atoms with Crippen LogP contribution in [0.4, 0.5) is 24.0 Å². The molecule has 2 aliphatic rings. The molecule has 5 N–H and O–H groups in total. The van der Waals surface area contributed by atoms with Crippen molar-refractivity contribution in [1.29, 1.82) is 0 Å². The fourth-order valence-corrected chi connectivity index (χ4v) is 3.55. The topological polar surface area (TPSA) is 224 Å². The maximum Gasteiger partial charge on any atom is 0.407 e. The number of hydrogen-bond acceptors (Lipinski definition) is 9. The van der Waals surface area contributed by atoms with Crippen molar-refractivity contribution >= 4 is 46.4 Å². The van der Waals surface area contributed by atoms with Crippen molar-refractivity contribution in [3.8, 4) is 0 Å². The third kappa shape index (κ3) is 7.09. The average molecular weight is 507 g/mol. The molecule has 2 heterocycles. The molecule has 0 radical (unpaired) electrons. The van der Waals surface area contributed by atoms with E-state index in [1.54, 1.807) is 20.8 Å². The standard InChI is InChI=1S/C16H25N7O10S/c1-16(2,3)33-14(29)17-4-5-21-6-7-22(15(21)30)11(25)19-34(31,32)20-12(26)23-8-9(10(23)24)18-13(27)28/h9,18H,4-8H2,1-3H3,(H,17,29)(H,19,25)(H,20,26)(H,27,28)/t9-/m0/s1. The minimum Gasteiger partial charge on any atom is -0.465 e. The van der Waals surface area contributed by atoms with E-state index in [9.17, 15) is 37.2 Å². The summed E-state index contributed by atoms with van der Waals surface area (Å²) in [5.41, 5.74) is -0.705. The van der Waals surface area contributed by atoms with Crippen LogP contribution in [0.3, 0.4) is 0 Å². The zero-order chi connectivity index (χ0) is 25.8. The molecule has 0 spiro atoms. The van der Waals surface area contributed by atoms with Gasteiger partial charge in [0.2, 0.25) is 0 Å². The normalized spacial score (nSPS) is 18.2. The van der Waals surface area contributed by atoms with Gasteiger partial charge in [-0.25, -0.2) is 38.3 Å². The number of urea groups is 3. The Morgan fingerprint density at radius 2 is 1.65 bits per heavy atom. The number of amides is 9. The Morgan fingerprint density at radius 1 is 1.06 bits per heavy atom. The Labute approximate surface area is 193 Å². The number of ether oxygens (including phenoxy) is 1. The van der Waals surface area contributed by atoms with Crippen LogP contribution in [0.1, 0.15) is 20.8 Å². The summed E-state index contributed by atoms with van der Waals surface area (Å²) in [5.74, 6) is -0.980. The number of carboxylic acid groups (broad SMARTS) is 1. The summed E-state index contributed by atoms with van der Waals surface area (Å²) in [7, 11) is -4.80. The van der Waals surface area contributed by atoms with Gasteiger partial charge in [-0.2, -0.15) is 8.42 Å². The molecule has 0 aromatic rings. The van der Waals surface area contributed by atoms with Gasteiger partial charge in [-0.1, -0.05) is 0 Å². The fourth-order valence-electron chi connectivity index (χ4n) is 2.82. The van der Waals surface area contributed by atoms with Gasteiger partial charge in [-0.05, 0) is 20.8 Å². The molecule has 34 heavy (non-hydrogen) atoms. The van der Waals surface area contributed by atoms with Gasteiger partial charge in [0.15, 0.2) is 0 Å². The van der Waals surface area contributed by atoms with Gasteiger partial charge in [-0.15, -0.1) is 0 Å². The Hall–Kier alpha value is -3.83. The van der Waals surface area contributed by atoms with Gasteiger partial charge in [0, 0.05) is 26.2 Å². The monoisotopic (exact) mass is 507 g/mol. The second-order valence-electron chi connectivity index (χ2n) is 8.12. The third-order valence-corrected chi connectivity index (χ3v) is 5.19. The summed E-state index contributed by atoms with van der Waals surface area (Å²) >= 11 is 0. The Kier molecular flexibility index (Phi) is 7.75. The van der Waals surface area contributed by atoms with Crippen LogP contribution >= 0.6 is 0 Å². The summed E-state index contributed by atoms with van der Waals surface area (Å²) in [6, 6.07) is -4.77. The van der Waals surface area contributed by atoms with Gasteiger partial charge < -0.3 is 25.4 Å². The lowest BCUT2D eigenvalue weighted by atomic mass is 10.1. The zero-order valence-corrected chi connectivity index (χ0v) is 19.3. The quantitative estimate of drug-likeness (QED) is 0.259. The number of likely N-dealkylation sites (tertiary alicyclic amines) is 1. The molecule has 2 fully saturated rings. The molecule has 2 saturated heterocycles. The van der Waals surface area contributed by atoms with E-state index >= 15 is 0 Å². The Balaban J connectivity index is 1.81. The SMILES string of the molecule is CC(C)(C)OC(=O)NCCN1CCN(C(=O)NS(=O)(=O)NC(=O)N2C[C@H](NC(=O)O)C2=O)C1=O. The van der Waals surface area contributed by atoms with Gasteiger partial charge in [0.25, 0.3) is 5.91 Å². The molecule has 0 saturated carbocycles. The zero-order valence-electron chi connectivity index (χ0n) is 18.5. The highest BCUT2D eigenvalue weighted by Crippen LogP contribution is 2.12. The molecule has 2 aliphatic heterocycles. The molecular weight excluding hydrogens is 482 g/mol. The minimum atomic E-state index is -4.80. The van der Waals surface area contributed by atoms with Crippen LogP contribution in [-0.4, -0.2) is 109 Å². The van der Waals surface area contributed by atoms with Crippen molar-refractivity contribution in [3.05, 3.63) is 0 Å². The highest BCUT2D eigenvalue weighted by Gasteiger charge is 2.43. The van der Waals surface area contributed by atoms with E-state index in [1.807, 2.05) is 5.32 Å². The number of hydrogen-bond donors (Lipinski definition) is 5. The maximum absolute atomic E-state index is 12.3. The van der Waals surface area contributed by atoms with E-state index < -0.39 is 64.6 Å². The summed E-state index contributed by atoms with van der Waals surface area (Å²) in [6.45, 7) is 4.58. The van der Waals surface area contributed by atoms with Crippen molar-refractivity contribution < 1.29 is 47.0 Å².